The van der Waals surface area contributed by atoms with Gasteiger partial charge in [0.15, 0.2) is 0 Å². The molecule has 0 radical (unpaired) electrons. The zero-order valence-corrected chi connectivity index (χ0v) is 14.7. The minimum Gasteiger partial charge on any atom is -0.391 e. The second kappa shape index (κ2) is 6.73. The highest BCUT2D eigenvalue weighted by atomic mass is 16.3. The van der Waals surface area contributed by atoms with Crippen LogP contribution in [0.3, 0.4) is 0 Å². The summed E-state index contributed by atoms with van der Waals surface area (Å²) in [5.74, 6) is 0.0910. The van der Waals surface area contributed by atoms with Crippen molar-refractivity contribution in [1.82, 2.24) is 14.8 Å². The second-order valence-corrected chi connectivity index (χ2v) is 7.22. The highest BCUT2D eigenvalue weighted by Crippen LogP contribution is 2.26. The number of aliphatic hydroxyl groups is 1. The molecule has 1 aliphatic heterocycles. The first kappa shape index (κ1) is 16.5. The molecular weight excluding hydrogens is 314 g/mol. The van der Waals surface area contributed by atoms with E-state index in [2.05, 4.69) is 9.88 Å². The largest absolute Gasteiger partial charge is 0.391 e. The maximum atomic E-state index is 13.1. The maximum Gasteiger partial charge on any atom is 0.254 e. The Morgan fingerprint density at radius 1 is 1.16 bits per heavy atom. The quantitative estimate of drug-likeness (QED) is 0.911. The van der Waals surface area contributed by atoms with Crippen LogP contribution in [0.15, 0.2) is 30.3 Å². The van der Waals surface area contributed by atoms with Crippen LogP contribution in [0, 0.1) is 6.92 Å². The zero-order valence-electron chi connectivity index (χ0n) is 14.7. The fourth-order valence-corrected chi connectivity index (χ4v) is 4.26. The molecule has 2 atom stereocenters. The van der Waals surface area contributed by atoms with E-state index >= 15 is 0 Å². The van der Waals surface area contributed by atoms with Crippen molar-refractivity contribution in [2.75, 3.05) is 26.2 Å². The Balaban J connectivity index is 1.51. The SMILES string of the molecule is Cc1cc(C(=O)N2CCN([C@H]3CCC[C@@H]3O)CC2)c2ccccc2n1. The lowest BCUT2D eigenvalue weighted by Gasteiger charge is -2.39. The Bertz CT molecular complexity index is 784. The third-order valence-corrected chi connectivity index (χ3v) is 5.59. The zero-order chi connectivity index (χ0) is 17.4. The highest BCUT2D eigenvalue weighted by molar-refractivity contribution is 6.06. The number of hydrogen-bond donors (Lipinski definition) is 1. The number of piperazine rings is 1. The van der Waals surface area contributed by atoms with Crippen LogP contribution in [0.1, 0.15) is 35.3 Å². The second-order valence-electron chi connectivity index (χ2n) is 7.22. The molecular formula is C20H25N3O2. The monoisotopic (exact) mass is 339 g/mol. The van der Waals surface area contributed by atoms with E-state index < -0.39 is 0 Å². The number of carbonyl (C=O) groups excluding carboxylic acids is 1. The molecule has 1 saturated carbocycles. The number of rotatable bonds is 2. The lowest BCUT2D eigenvalue weighted by molar-refractivity contribution is 0.0316. The van der Waals surface area contributed by atoms with Gasteiger partial charge in [0, 0.05) is 43.3 Å². The molecule has 25 heavy (non-hydrogen) atoms. The van der Waals surface area contributed by atoms with E-state index in [0.29, 0.717) is 0 Å². The Kier molecular flexibility index (Phi) is 4.44. The van der Waals surface area contributed by atoms with Crippen LogP contribution in [0.5, 0.6) is 0 Å². The van der Waals surface area contributed by atoms with Gasteiger partial charge in [-0.25, -0.2) is 0 Å². The molecule has 1 aromatic carbocycles. The van der Waals surface area contributed by atoms with Crippen molar-refractivity contribution in [3.63, 3.8) is 0 Å². The van der Waals surface area contributed by atoms with Gasteiger partial charge in [-0.2, -0.15) is 0 Å². The summed E-state index contributed by atoms with van der Waals surface area (Å²) >= 11 is 0. The first-order valence-electron chi connectivity index (χ1n) is 9.21. The summed E-state index contributed by atoms with van der Waals surface area (Å²) in [7, 11) is 0. The van der Waals surface area contributed by atoms with E-state index in [1.807, 2.05) is 42.2 Å². The molecule has 2 fully saturated rings. The lowest BCUT2D eigenvalue weighted by Crippen LogP contribution is -2.53. The van der Waals surface area contributed by atoms with Crippen LogP contribution in [0.25, 0.3) is 10.9 Å². The summed E-state index contributed by atoms with van der Waals surface area (Å²) in [4.78, 5) is 21.9. The van der Waals surface area contributed by atoms with Gasteiger partial charge < -0.3 is 10.0 Å². The Morgan fingerprint density at radius 3 is 2.64 bits per heavy atom. The van der Waals surface area contributed by atoms with Crippen molar-refractivity contribution >= 4 is 16.8 Å². The van der Waals surface area contributed by atoms with Crippen LogP contribution < -0.4 is 0 Å². The van der Waals surface area contributed by atoms with E-state index in [1.165, 1.54) is 0 Å². The molecule has 132 valence electrons. The molecule has 5 nitrogen and oxygen atoms in total. The number of aromatic nitrogens is 1. The van der Waals surface area contributed by atoms with E-state index in [0.717, 1.165) is 67.6 Å². The normalized spacial score (nSPS) is 24.8. The van der Waals surface area contributed by atoms with E-state index in [4.69, 9.17) is 0 Å². The average molecular weight is 339 g/mol. The average Bonchev–Trinajstić information content (AvgIpc) is 3.06. The Hall–Kier alpha value is -1.98. The van der Waals surface area contributed by atoms with Crippen molar-refractivity contribution < 1.29 is 9.90 Å². The number of carbonyl (C=O) groups is 1. The predicted molar refractivity (Wildman–Crippen MR) is 97.6 cm³/mol. The van der Waals surface area contributed by atoms with Gasteiger partial charge in [0.05, 0.1) is 17.2 Å². The van der Waals surface area contributed by atoms with Crippen LogP contribution in [0.4, 0.5) is 0 Å². The third kappa shape index (κ3) is 3.14. The number of pyridine rings is 1. The molecule has 0 bridgehead atoms. The van der Waals surface area contributed by atoms with Crippen molar-refractivity contribution in [3.05, 3.63) is 41.6 Å². The van der Waals surface area contributed by atoms with Crippen LogP contribution >= 0.6 is 0 Å². The van der Waals surface area contributed by atoms with Crippen molar-refractivity contribution in [1.29, 1.82) is 0 Å². The topological polar surface area (TPSA) is 56.7 Å². The van der Waals surface area contributed by atoms with Gasteiger partial charge in [0.1, 0.15) is 0 Å². The van der Waals surface area contributed by atoms with E-state index in [9.17, 15) is 9.90 Å². The fraction of sp³-hybridized carbons (Fsp3) is 0.500. The first-order valence-corrected chi connectivity index (χ1v) is 9.21. The number of amides is 1. The van der Waals surface area contributed by atoms with Crippen molar-refractivity contribution in [2.24, 2.45) is 0 Å². The molecule has 1 aliphatic carbocycles. The smallest absolute Gasteiger partial charge is 0.254 e. The molecule has 1 saturated heterocycles. The number of aryl methyl sites for hydroxylation is 1. The summed E-state index contributed by atoms with van der Waals surface area (Å²) in [6.45, 7) is 5.06. The van der Waals surface area contributed by atoms with Gasteiger partial charge in [-0.15, -0.1) is 0 Å². The predicted octanol–water partition coefficient (Wildman–Crippen LogP) is 2.21. The van der Waals surface area contributed by atoms with Gasteiger partial charge in [-0.1, -0.05) is 18.2 Å². The number of para-hydroxylation sites is 1. The first-order chi connectivity index (χ1) is 12.1. The maximum absolute atomic E-state index is 13.1. The molecule has 0 unspecified atom stereocenters. The Morgan fingerprint density at radius 2 is 1.92 bits per heavy atom. The summed E-state index contributed by atoms with van der Waals surface area (Å²) in [6, 6.07) is 10.0. The summed E-state index contributed by atoms with van der Waals surface area (Å²) in [5, 5.41) is 11.0. The molecule has 4 rings (SSSR count). The summed E-state index contributed by atoms with van der Waals surface area (Å²) < 4.78 is 0. The highest BCUT2D eigenvalue weighted by Gasteiger charge is 2.33. The summed E-state index contributed by atoms with van der Waals surface area (Å²) in [5.41, 5.74) is 2.49. The number of aliphatic hydroxyl groups excluding tert-OH is 1. The molecule has 2 heterocycles. The minimum absolute atomic E-state index is 0.0910. The molecule has 5 heteroatoms. The summed E-state index contributed by atoms with van der Waals surface area (Å²) in [6.07, 6.45) is 2.89. The lowest BCUT2D eigenvalue weighted by atomic mass is 10.1. The molecule has 0 spiro atoms. The fourth-order valence-electron chi connectivity index (χ4n) is 4.26. The van der Waals surface area contributed by atoms with Gasteiger partial charge in [0.25, 0.3) is 5.91 Å². The van der Waals surface area contributed by atoms with Gasteiger partial charge in [-0.05, 0) is 38.3 Å². The number of nitrogens with zero attached hydrogens (tertiary/aromatic N) is 3. The Labute approximate surface area is 148 Å². The van der Waals surface area contributed by atoms with E-state index in [-0.39, 0.29) is 18.1 Å². The van der Waals surface area contributed by atoms with Crippen LogP contribution in [-0.4, -0.2) is 64.1 Å². The van der Waals surface area contributed by atoms with Crippen molar-refractivity contribution in [3.8, 4) is 0 Å². The molecule has 2 aromatic rings. The standard InChI is InChI=1S/C20H25N3O2/c1-14-13-16(15-5-2-3-6-17(15)21-14)20(25)23-11-9-22(10-12-23)18-7-4-8-19(18)24/h2-3,5-6,13,18-19,24H,4,7-12H2,1H3/t18-,19-/m0/s1. The molecule has 1 aromatic heterocycles. The minimum atomic E-state index is -0.200. The van der Waals surface area contributed by atoms with E-state index in [1.54, 1.807) is 0 Å². The molecule has 2 aliphatic rings. The van der Waals surface area contributed by atoms with Crippen LogP contribution in [0.2, 0.25) is 0 Å². The van der Waals surface area contributed by atoms with Crippen molar-refractivity contribution in [2.45, 2.75) is 38.3 Å². The number of hydrogen-bond acceptors (Lipinski definition) is 4. The number of fused-ring (bicyclic) bond motifs is 1. The van der Waals surface area contributed by atoms with Gasteiger partial charge in [-0.3, -0.25) is 14.7 Å². The number of benzene rings is 1. The molecule has 1 N–H and O–H groups in total. The third-order valence-electron chi connectivity index (χ3n) is 5.59. The molecule has 1 amide bonds. The van der Waals surface area contributed by atoms with Gasteiger partial charge in [0.2, 0.25) is 0 Å². The van der Waals surface area contributed by atoms with Gasteiger partial charge >= 0.3 is 0 Å². The van der Waals surface area contributed by atoms with Crippen LogP contribution in [-0.2, 0) is 0 Å².